The molecule has 1 amide bonds. The molecule has 0 spiro atoms. The summed E-state index contributed by atoms with van der Waals surface area (Å²) in [6.07, 6.45) is 7.78. The second-order valence-electron chi connectivity index (χ2n) is 7.67. The van der Waals surface area contributed by atoms with Gasteiger partial charge in [0.05, 0.1) is 0 Å². The van der Waals surface area contributed by atoms with Gasteiger partial charge in [0.2, 0.25) is 12.7 Å². The predicted molar refractivity (Wildman–Crippen MR) is 106 cm³/mol. The van der Waals surface area contributed by atoms with E-state index in [2.05, 4.69) is 26.5 Å². The summed E-state index contributed by atoms with van der Waals surface area (Å²) in [6.45, 7) is 2.07. The van der Waals surface area contributed by atoms with Crippen molar-refractivity contribution >= 4 is 17.8 Å². The summed E-state index contributed by atoms with van der Waals surface area (Å²) >= 11 is 0. The number of hydrogen-bond acceptors (Lipinski definition) is 5. The minimum Gasteiger partial charge on any atom is -0.454 e. The molecule has 7 nitrogen and oxygen atoms in total. The molecular formula is C21H24N4O3. The second kappa shape index (κ2) is 7.22. The number of hydrogen-bond donors (Lipinski definition) is 2. The van der Waals surface area contributed by atoms with Gasteiger partial charge in [-0.3, -0.25) is 9.89 Å². The summed E-state index contributed by atoms with van der Waals surface area (Å²) in [5.74, 6) is 3.13. The van der Waals surface area contributed by atoms with Crippen LogP contribution in [-0.2, 0) is 4.79 Å². The largest absolute Gasteiger partial charge is 0.454 e. The van der Waals surface area contributed by atoms with Crippen molar-refractivity contribution in [2.45, 2.75) is 37.6 Å². The van der Waals surface area contributed by atoms with Crippen LogP contribution in [0.4, 0.5) is 5.82 Å². The summed E-state index contributed by atoms with van der Waals surface area (Å²) in [5.41, 5.74) is 2.18. The molecule has 1 aliphatic carbocycles. The van der Waals surface area contributed by atoms with Gasteiger partial charge in [0.15, 0.2) is 17.3 Å². The van der Waals surface area contributed by atoms with E-state index >= 15 is 0 Å². The van der Waals surface area contributed by atoms with Gasteiger partial charge in [0.1, 0.15) is 0 Å². The van der Waals surface area contributed by atoms with Crippen LogP contribution in [0, 0.1) is 0 Å². The van der Waals surface area contributed by atoms with E-state index in [1.165, 1.54) is 18.5 Å². The number of aromatic nitrogens is 2. The predicted octanol–water partition coefficient (Wildman–Crippen LogP) is 2.81. The molecule has 28 heavy (non-hydrogen) atoms. The number of rotatable bonds is 5. The number of carbonyl (C=O) groups excluding carboxylic acids is 1. The van der Waals surface area contributed by atoms with Gasteiger partial charge < -0.3 is 19.7 Å². The lowest BCUT2D eigenvalue weighted by atomic mass is 10.0. The highest BCUT2D eigenvalue weighted by Gasteiger charge is 2.27. The number of ether oxygens (including phenoxy) is 2. The van der Waals surface area contributed by atoms with Gasteiger partial charge >= 0.3 is 0 Å². The highest BCUT2D eigenvalue weighted by atomic mass is 16.7. The number of piperidine rings is 1. The molecule has 2 aliphatic heterocycles. The second-order valence-corrected chi connectivity index (χ2v) is 7.67. The Labute approximate surface area is 163 Å². The molecule has 1 saturated heterocycles. The highest BCUT2D eigenvalue weighted by Crippen LogP contribution is 2.40. The number of nitrogens with one attached hydrogen (secondary N) is 2. The fraction of sp³-hybridized carbons (Fsp3) is 0.429. The number of aromatic amines is 1. The van der Waals surface area contributed by atoms with Crippen molar-refractivity contribution in [1.29, 1.82) is 0 Å². The third-order valence-electron chi connectivity index (χ3n) is 5.59. The van der Waals surface area contributed by atoms with Crippen LogP contribution in [0.5, 0.6) is 11.5 Å². The zero-order valence-corrected chi connectivity index (χ0v) is 15.7. The van der Waals surface area contributed by atoms with Gasteiger partial charge in [-0.2, -0.15) is 5.10 Å². The zero-order valence-electron chi connectivity index (χ0n) is 15.7. The van der Waals surface area contributed by atoms with Gasteiger partial charge in [-0.05, 0) is 49.5 Å². The van der Waals surface area contributed by atoms with E-state index in [1.54, 1.807) is 12.2 Å². The molecule has 0 unspecified atom stereocenters. The smallest absolute Gasteiger partial charge is 0.244 e. The number of fused-ring (bicyclic) bond motifs is 1. The first-order valence-corrected chi connectivity index (χ1v) is 9.93. The molecule has 2 N–H and O–H groups in total. The van der Waals surface area contributed by atoms with Crippen LogP contribution in [-0.4, -0.2) is 42.0 Å². The van der Waals surface area contributed by atoms with Crippen LogP contribution < -0.4 is 19.7 Å². The number of amides is 1. The van der Waals surface area contributed by atoms with Crippen LogP contribution in [0.3, 0.4) is 0 Å². The van der Waals surface area contributed by atoms with Crippen LogP contribution in [0.15, 0.2) is 30.3 Å². The fourth-order valence-corrected chi connectivity index (χ4v) is 3.78. The molecule has 5 rings (SSSR count). The van der Waals surface area contributed by atoms with Crippen LogP contribution in [0.25, 0.3) is 6.08 Å². The van der Waals surface area contributed by atoms with Gasteiger partial charge in [-0.15, -0.1) is 0 Å². The number of anilines is 1. The van der Waals surface area contributed by atoms with Crippen molar-refractivity contribution in [1.82, 2.24) is 15.5 Å². The van der Waals surface area contributed by atoms with Crippen molar-refractivity contribution in [3.63, 3.8) is 0 Å². The lowest BCUT2D eigenvalue weighted by molar-refractivity contribution is -0.117. The third-order valence-corrected chi connectivity index (χ3v) is 5.59. The van der Waals surface area contributed by atoms with E-state index in [9.17, 15) is 4.79 Å². The SMILES string of the molecule is O=C(/C=C/c1ccc2c(c1)OCO2)NC1CCN(c2cc(C3CC3)[nH]n2)CC1. The minimum absolute atomic E-state index is 0.0631. The monoisotopic (exact) mass is 380 g/mol. The van der Waals surface area contributed by atoms with Gasteiger partial charge in [0, 0.05) is 42.9 Å². The molecule has 1 aromatic carbocycles. The summed E-state index contributed by atoms with van der Waals surface area (Å²) < 4.78 is 10.7. The zero-order chi connectivity index (χ0) is 18.9. The van der Waals surface area contributed by atoms with E-state index in [0.29, 0.717) is 5.92 Å². The van der Waals surface area contributed by atoms with Crippen molar-refractivity contribution in [2.24, 2.45) is 0 Å². The quantitative estimate of drug-likeness (QED) is 0.780. The standard InChI is InChI=1S/C21H24N4O3/c26-21(6-2-14-1-5-18-19(11-14)28-13-27-18)22-16-7-9-25(10-8-16)20-12-17(23-24-20)15-3-4-15/h1-2,5-6,11-12,15-16H,3-4,7-10,13H2,(H,22,26)(H,23,24)/b6-2+. The maximum absolute atomic E-state index is 12.3. The summed E-state index contributed by atoms with van der Waals surface area (Å²) in [7, 11) is 0. The molecule has 1 saturated carbocycles. The first-order valence-electron chi connectivity index (χ1n) is 9.93. The Morgan fingerprint density at radius 2 is 1.96 bits per heavy atom. The average molecular weight is 380 g/mol. The maximum Gasteiger partial charge on any atom is 0.244 e. The van der Waals surface area contributed by atoms with Crippen molar-refractivity contribution in [2.75, 3.05) is 24.8 Å². The lowest BCUT2D eigenvalue weighted by Crippen LogP contribution is -2.44. The Bertz CT molecular complexity index is 895. The normalized spacial score (nSPS) is 19.4. The van der Waals surface area contributed by atoms with Gasteiger partial charge in [-0.25, -0.2) is 0 Å². The van der Waals surface area contributed by atoms with E-state index in [4.69, 9.17) is 9.47 Å². The molecule has 2 fully saturated rings. The lowest BCUT2D eigenvalue weighted by Gasteiger charge is -2.32. The Morgan fingerprint density at radius 3 is 2.79 bits per heavy atom. The molecule has 7 heteroatoms. The van der Waals surface area contributed by atoms with Gasteiger partial charge in [-0.1, -0.05) is 6.07 Å². The summed E-state index contributed by atoms with van der Waals surface area (Å²) in [4.78, 5) is 14.6. The Balaban J connectivity index is 1.11. The molecule has 3 heterocycles. The van der Waals surface area contributed by atoms with Crippen LogP contribution >= 0.6 is 0 Å². The Hall–Kier alpha value is -2.96. The Kier molecular flexibility index (Phi) is 4.43. The maximum atomic E-state index is 12.3. The van der Waals surface area contributed by atoms with Crippen molar-refractivity contribution < 1.29 is 14.3 Å². The molecule has 0 atom stereocenters. The minimum atomic E-state index is -0.0631. The molecule has 1 aromatic heterocycles. The van der Waals surface area contributed by atoms with Crippen LogP contribution in [0.1, 0.15) is 42.9 Å². The molecule has 2 aromatic rings. The van der Waals surface area contributed by atoms with E-state index < -0.39 is 0 Å². The van der Waals surface area contributed by atoms with E-state index in [1.807, 2.05) is 18.2 Å². The average Bonchev–Trinajstić information content (AvgIpc) is 3.26. The Morgan fingerprint density at radius 1 is 1.14 bits per heavy atom. The van der Waals surface area contributed by atoms with Gasteiger partial charge in [0.25, 0.3) is 0 Å². The van der Waals surface area contributed by atoms with Crippen molar-refractivity contribution in [3.8, 4) is 11.5 Å². The molecular weight excluding hydrogens is 356 g/mol. The summed E-state index contributed by atoms with van der Waals surface area (Å²) in [6, 6.07) is 8.04. The number of H-pyrrole nitrogens is 1. The van der Waals surface area contributed by atoms with Crippen molar-refractivity contribution in [3.05, 3.63) is 41.6 Å². The third kappa shape index (κ3) is 3.69. The topological polar surface area (TPSA) is 79.5 Å². The fourth-order valence-electron chi connectivity index (χ4n) is 3.78. The number of nitrogens with zero attached hydrogens (tertiary/aromatic N) is 2. The van der Waals surface area contributed by atoms with Crippen LogP contribution in [0.2, 0.25) is 0 Å². The molecule has 0 radical (unpaired) electrons. The molecule has 146 valence electrons. The van der Waals surface area contributed by atoms with E-state index in [-0.39, 0.29) is 18.7 Å². The number of carbonyl (C=O) groups is 1. The number of benzene rings is 1. The molecule has 3 aliphatic rings. The van der Waals surface area contributed by atoms with E-state index in [0.717, 1.165) is 48.8 Å². The first kappa shape index (κ1) is 17.2. The summed E-state index contributed by atoms with van der Waals surface area (Å²) in [5, 5.41) is 10.7. The highest BCUT2D eigenvalue weighted by molar-refractivity contribution is 5.92. The molecule has 0 bridgehead atoms. The first-order chi connectivity index (χ1) is 13.7.